The summed E-state index contributed by atoms with van der Waals surface area (Å²) >= 11 is 0. The maximum absolute atomic E-state index is 5.87. The summed E-state index contributed by atoms with van der Waals surface area (Å²) in [6.45, 7) is 4.86. The Hall–Kier alpha value is -2.30. The van der Waals surface area contributed by atoms with E-state index in [2.05, 4.69) is 29.3 Å². The van der Waals surface area contributed by atoms with E-state index in [4.69, 9.17) is 5.73 Å². The summed E-state index contributed by atoms with van der Waals surface area (Å²) < 4.78 is 1.93. The average molecular weight is 285 g/mol. The Balaban J connectivity index is 1.82. The first-order valence-electron chi connectivity index (χ1n) is 7.19. The number of aliphatic imine (C=N–C) groups is 1. The van der Waals surface area contributed by atoms with Gasteiger partial charge in [0.15, 0.2) is 5.96 Å². The Kier molecular flexibility index (Phi) is 4.98. The van der Waals surface area contributed by atoms with E-state index in [0.717, 1.165) is 24.2 Å². The average Bonchev–Trinajstić information content (AvgIpc) is 2.70. The molecule has 0 aliphatic rings. The van der Waals surface area contributed by atoms with Crippen molar-refractivity contribution in [3.63, 3.8) is 0 Å². The molecular formula is C16H23N5. The predicted molar refractivity (Wildman–Crippen MR) is 87.6 cm³/mol. The van der Waals surface area contributed by atoms with Gasteiger partial charge >= 0.3 is 0 Å². The minimum atomic E-state index is 0.459. The van der Waals surface area contributed by atoms with Crippen molar-refractivity contribution in [2.24, 2.45) is 17.8 Å². The minimum absolute atomic E-state index is 0.459. The lowest BCUT2D eigenvalue weighted by Crippen LogP contribution is -2.22. The van der Waals surface area contributed by atoms with Crippen LogP contribution < -0.4 is 11.1 Å². The second-order valence-electron chi connectivity index (χ2n) is 5.13. The number of aromatic nitrogens is 2. The number of para-hydroxylation sites is 1. The molecule has 5 heteroatoms. The highest BCUT2D eigenvalue weighted by molar-refractivity contribution is 5.92. The van der Waals surface area contributed by atoms with E-state index >= 15 is 0 Å². The molecule has 0 amide bonds. The molecule has 0 aliphatic heterocycles. The summed E-state index contributed by atoms with van der Waals surface area (Å²) in [5.74, 6) is 0.459. The third kappa shape index (κ3) is 4.08. The van der Waals surface area contributed by atoms with Crippen LogP contribution in [0.25, 0.3) is 0 Å². The van der Waals surface area contributed by atoms with E-state index in [9.17, 15) is 0 Å². The number of nitrogens with zero attached hydrogens (tertiary/aromatic N) is 3. The number of hydrogen-bond donors (Lipinski definition) is 2. The van der Waals surface area contributed by atoms with Gasteiger partial charge < -0.3 is 11.1 Å². The largest absolute Gasteiger partial charge is 0.370 e. The predicted octanol–water partition coefficient (Wildman–Crippen LogP) is 2.40. The molecule has 0 aliphatic carbocycles. The van der Waals surface area contributed by atoms with Crippen LogP contribution in [-0.4, -0.2) is 22.3 Å². The summed E-state index contributed by atoms with van der Waals surface area (Å²) in [6.07, 6.45) is 1.94. The summed E-state index contributed by atoms with van der Waals surface area (Å²) in [5.41, 5.74) is 10.5. The fourth-order valence-electron chi connectivity index (χ4n) is 2.34. The van der Waals surface area contributed by atoms with Gasteiger partial charge in [0.2, 0.25) is 0 Å². The molecule has 1 aromatic heterocycles. The molecule has 1 heterocycles. The molecule has 0 unspecified atom stereocenters. The number of hydrogen-bond acceptors (Lipinski definition) is 2. The number of anilines is 1. The van der Waals surface area contributed by atoms with E-state index in [1.54, 1.807) is 0 Å². The summed E-state index contributed by atoms with van der Waals surface area (Å²) in [7, 11) is 1.98. The molecule has 5 nitrogen and oxygen atoms in total. The number of nitrogens with two attached hydrogens (primary N) is 1. The zero-order valence-corrected chi connectivity index (χ0v) is 12.9. The molecule has 0 saturated heterocycles. The van der Waals surface area contributed by atoms with Crippen LogP contribution >= 0.6 is 0 Å². The second kappa shape index (κ2) is 6.92. The molecule has 3 N–H and O–H groups in total. The SMILES string of the molecule is Cc1nn(C)c(C)c1CCCN=C(N)Nc1ccccc1. The molecule has 0 radical (unpaired) electrons. The maximum atomic E-state index is 5.87. The fraction of sp³-hybridized carbons (Fsp3) is 0.375. The normalized spacial score (nSPS) is 11.7. The fourth-order valence-corrected chi connectivity index (χ4v) is 2.34. The van der Waals surface area contributed by atoms with E-state index in [1.807, 2.05) is 42.1 Å². The van der Waals surface area contributed by atoms with Gasteiger partial charge in [-0.15, -0.1) is 0 Å². The van der Waals surface area contributed by atoms with Crippen molar-refractivity contribution in [3.8, 4) is 0 Å². The highest BCUT2D eigenvalue weighted by atomic mass is 15.3. The standard InChI is InChI=1S/C16H23N5/c1-12-15(13(2)21(3)20-12)10-7-11-18-16(17)19-14-8-5-4-6-9-14/h4-6,8-9H,7,10-11H2,1-3H3,(H3,17,18,19). The summed E-state index contributed by atoms with van der Waals surface area (Å²) in [4.78, 5) is 4.36. The lowest BCUT2D eigenvalue weighted by Gasteiger charge is -2.05. The lowest BCUT2D eigenvalue weighted by molar-refractivity contribution is 0.728. The van der Waals surface area contributed by atoms with E-state index in [0.29, 0.717) is 12.5 Å². The number of benzene rings is 1. The van der Waals surface area contributed by atoms with Crippen molar-refractivity contribution in [1.29, 1.82) is 0 Å². The Morgan fingerprint density at radius 1 is 1.29 bits per heavy atom. The molecule has 21 heavy (non-hydrogen) atoms. The third-order valence-corrected chi connectivity index (χ3v) is 3.57. The van der Waals surface area contributed by atoms with Gasteiger partial charge in [-0.1, -0.05) is 18.2 Å². The van der Waals surface area contributed by atoms with Crippen molar-refractivity contribution in [3.05, 3.63) is 47.3 Å². The molecule has 2 aromatic rings. The molecular weight excluding hydrogens is 262 g/mol. The van der Waals surface area contributed by atoms with Crippen molar-refractivity contribution in [1.82, 2.24) is 9.78 Å². The van der Waals surface area contributed by atoms with Crippen molar-refractivity contribution in [2.75, 3.05) is 11.9 Å². The summed E-state index contributed by atoms with van der Waals surface area (Å²) in [5, 5.41) is 7.50. The highest BCUT2D eigenvalue weighted by Gasteiger charge is 2.08. The van der Waals surface area contributed by atoms with Crippen LogP contribution in [0.1, 0.15) is 23.4 Å². The molecule has 0 spiro atoms. The smallest absolute Gasteiger partial charge is 0.193 e. The van der Waals surface area contributed by atoms with Gasteiger partial charge in [0.1, 0.15) is 0 Å². The van der Waals surface area contributed by atoms with Crippen LogP contribution in [0.5, 0.6) is 0 Å². The van der Waals surface area contributed by atoms with Gasteiger partial charge in [-0.2, -0.15) is 5.10 Å². The van der Waals surface area contributed by atoms with Gasteiger partial charge in [0.25, 0.3) is 0 Å². The molecule has 112 valence electrons. The maximum Gasteiger partial charge on any atom is 0.193 e. The number of guanidine groups is 1. The van der Waals surface area contributed by atoms with Gasteiger partial charge in [-0.05, 0) is 44.4 Å². The van der Waals surface area contributed by atoms with Gasteiger partial charge in [-0.3, -0.25) is 9.67 Å². The monoisotopic (exact) mass is 285 g/mol. The Morgan fingerprint density at radius 2 is 2.00 bits per heavy atom. The Morgan fingerprint density at radius 3 is 2.62 bits per heavy atom. The topological polar surface area (TPSA) is 68.2 Å². The first-order valence-corrected chi connectivity index (χ1v) is 7.19. The van der Waals surface area contributed by atoms with Crippen molar-refractivity contribution in [2.45, 2.75) is 26.7 Å². The quantitative estimate of drug-likeness (QED) is 0.503. The molecule has 1 aromatic carbocycles. The second-order valence-corrected chi connectivity index (χ2v) is 5.13. The number of aryl methyl sites for hydroxylation is 2. The van der Waals surface area contributed by atoms with E-state index < -0.39 is 0 Å². The zero-order chi connectivity index (χ0) is 15.2. The molecule has 0 atom stereocenters. The van der Waals surface area contributed by atoms with Crippen LogP contribution in [-0.2, 0) is 13.5 Å². The first-order chi connectivity index (χ1) is 10.1. The van der Waals surface area contributed by atoms with Crippen molar-refractivity contribution < 1.29 is 0 Å². The highest BCUT2D eigenvalue weighted by Crippen LogP contribution is 2.13. The molecule has 0 fully saturated rings. The van der Waals surface area contributed by atoms with E-state index in [-0.39, 0.29) is 0 Å². The van der Waals surface area contributed by atoms with Crippen LogP contribution in [0.2, 0.25) is 0 Å². The molecule has 0 saturated carbocycles. The van der Waals surface area contributed by atoms with Crippen LogP contribution in [0.3, 0.4) is 0 Å². The third-order valence-electron chi connectivity index (χ3n) is 3.57. The first kappa shape index (κ1) is 15.1. The number of rotatable bonds is 5. The molecule has 0 bridgehead atoms. The zero-order valence-electron chi connectivity index (χ0n) is 12.9. The minimum Gasteiger partial charge on any atom is -0.370 e. The van der Waals surface area contributed by atoms with E-state index in [1.165, 1.54) is 11.3 Å². The lowest BCUT2D eigenvalue weighted by atomic mass is 10.1. The van der Waals surface area contributed by atoms with Crippen LogP contribution in [0, 0.1) is 13.8 Å². The van der Waals surface area contributed by atoms with Gasteiger partial charge in [0.05, 0.1) is 5.69 Å². The van der Waals surface area contributed by atoms with Gasteiger partial charge in [-0.25, -0.2) is 0 Å². The Labute approximate surface area is 125 Å². The van der Waals surface area contributed by atoms with Crippen molar-refractivity contribution >= 4 is 11.6 Å². The van der Waals surface area contributed by atoms with Crippen LogP contribution in [0.15, 0.2) is 35.3 Å². The summed E-state index contributed by atoms with van der Waals surface area (Å²) in [6, 6.07) is 9.82. The Bertz CT molecular complexity index is 613. The van der Waals surface area contributed by atoms with Crippen LogP contribution in [0.4, 0.5) is 5.69 Å². The van der Waals surface area contributed by atoms with Gasteiger partial charge in [0, 0.05) is 25.0 Å². The number of nitrogens with one attached hydrogen (secondary N) is 1. The molecule has 2 rings (SSSR count).